The minimum Gasteiger partial charge on any atom is -0.265 e. The zero-order valence-electron chi connectivity index (χ0n) is 10.5. The lowest BCUT2D eigenvalue weighted by molar-refractivity contribution is 1.35. The third kappa shape index (κ3) is 3.01. The molecule has 1 aromatic rings. The Morgan fingerprint density at radius 3 is 1.93 bits per heavy atom. The molecule has 0 atom stereocenters. The number of halogens is 1. The second kappa shape index (κ2) is 4.14. The molecule has 0 N–H and O–H groups in total. The van der Waals surface area contributed by atoms with Crippen LogP contribution >= 0.6 is 15.9 Å². The average Bonchev–Trinajstić information content (AvgIpc) is 1.99. The SMILES string of the molecule is C[Si](C)(C)c1ccnc([Si](C)(C)C)c1Br. The first-order valence-electron chi connectivity index (χ1n) is 5.29. The summed E-state index contributed by atoms with van der Waals surface area (Å²) >= 11 is 3.76. The first kappa shape index (κ1) is 13.1. The molecular formula is C11H20BrNSi2. The summed E-state index contributed by atoms with van der Waals surface area (Å²) in [7, 11) is -2.58. The van der Waals surface area contributed by atoms with Gasteiger partial charge in [0.1, 0.15) is 8.07 Å². The van der Waals surface area contributed by atoms with Crippen LogP contribution in [0.5, 0.6) is 0 Å². The third-order valence-electron chi connectivity index (χ3n) is 2.41. The Bertz CT molecular complexity index is 332. The zero-order chi connectivity index (χ0) is 11.9. The third-order valence-corrected chi connectivity index (χ3v) is 7.77. The van der Waals surface area contributed by atoms with E-state index in [9.17, 15) is 0 Å². The second-order valence-corrected chi connectivity index (χ2v) is 16.8. The molecule has 0 aliphatic rings. The summed E-state index contributed by atoms with van der Waals surface area (Å²) in [6.07, 6.45) is 1.98. The van der Waals surface area contributed by atoms with Crippen molar-refractivity contribution in [1.82, 2.24) is 4.98 Å². The topological polar surface area (TPSA) is 12.9 Å². The maximum atomic E-state index is 4.56. The molecule has 0 saturated heterocycles. The monoisotopic (exact) mass is 301 g/mol. The average molecular weight is 302 g/mol. The molecule has 0 spiro atoms. The largest absolute Gasteiger partial charge is 0.265 e. The quantitative estimate of drug-likeness (QED) is 0.766. The highest BCUT2D eigenvalue weighted by Crippen LogP contribution is 2.14. The highest BCUT2D eigenvalue weighted by atomic mass is 79.9. The first-order chi connectivity index (χ1) is 6.64. The molecule has 1 rings (SSSR count). The van der Waals surface area contributed by atoms with Gasteiger partial charge in [-0.3, -0.25) is 4.98 Å². The van der Waals surface area contributed by atoms with Crippen molar-refractivity contribution in [2.45, 2.75) is 39.3 Å². The van der Waals surface area contributed by atoms with Crippen molar-refractivity contribution in [2.75, 3.05) is 0 Å². The Morgan fingerprint density at radius 1 is 1.00 bits per heavy atom. The van der Waals surface area contributed by atoms with Crippen LogP contribution in [0.2, 0.25) is 39.3 Å². The number of rotatable bonds is 2. The van der Waals surface area contributed by atoms with Crippen LogP contribution in [0, 0.1) is 0 Å². The molecule has 1 aromatic heterocycles. The van der Waals surface area contributed by atoms with Crippen LogP contribution in [0.4, 0.5) is 0 Å². The van der Waals surface area contributed by atoms with E-state index in [0.717, 1.165) is 0 Å². The molecule has 0 aliphatic heterocycles. The molecule has 84 valence electrons. The van der Waals surface area contributed by atoms with E-state index >= 15 is 0 Å². The molecular weight excluding hydrogens is 282 g/mol. The smallest absolute Gasteiger partial charge is 0.103 e. The molecule has 0 radical (unpaired) electrons. The van der Waals surface area contributed by atoms with E-state index in [1.54, 1.807) is 0 Å². The Morgan fingerprint density at radius 2 is 1.53 bits per heavy atom. The summed E-state index contributed by atoms with van der Waals surface area (Å²) in [6, 6.07) is 2.18. The van der Waals surface area contributed by atoms with Crippen LogP contribution in [-0.4, -0.2) is 21.1 Å². The van der Waals surface area contributed by atoms with E-state index in [1.807, 2.05) is 6.20 Å². The van der Waals surface area contributed by atoms with Crippen LogP contribution in [0.15, 0.2) is 16.7 Å². The molecule has 0 aromatic carbocycles. The van der Waals surface area contributed by atoms with E-state index in [0.29, 0.717) is 0 Å². The predicted octanol–water partition coefficient (Wildman–Crippen LogP) is 2.93. The molecule has 4 heteroatoms. The normalized spacial score (nSPS) is 13.0. The molecule has 1 heterocycles. The molecule has 15 heavy (non-hydrogen) atoms. The van der Waals surface area contributed by atoms with Gasteiger partial charge in [0, 0.05) is 16.0 Å². The summed E-state index contributed by atoms with van der Waals surface area (Å²) in [5.74, 6) is 0. The molecule has 0 bridgehead atoms. The molecule has 0 amide bonds. The minimum atomic E-state index is -1.32. The standard InChI is InChI=1S/C11H20BrNSi2/c1-14(2,3)9-7-8-13-11(10(9)12)15(4,5)6/h7-8H,1-6H3. The molecule has 0 aliphatic carbocycles. The molecule has 1 nitrogen and oxygen atoms in total. The number of aromatic nitrogens is 1. The second-order valence-electron chi connectivity index (χ2n) is 6.02. The fourth-order valence-corrected chi connectivity index (χ4v) is 8.08. The lowest BCUT2D eigenvalue weighted by Gasteiger charge is -2.24. The summed E-state index contributed by atoms with van der Waals surface area (Å²) < 4.78 is 1.28. The van der Waals surface area contributed by atoms with E-state index in [1.165, 1.54) is 15.0 Å². The van der Waals surface area contributed by atoms with Gasteiger partial charge in [-0.2, -0.15) is 0 Å². The Hall–Kier alpha value is 0.0638. The van der Waals surface area contributed by atoms with Gasteiger partial charge in [-0.05, 0) is 27.2 Å². The maximum absolute atomic E-state index is 4.56. The van der Waals surface area contributed by atoms with Crippen LogP contribution in [-0.2, 0) is 0 Å². The van der Waals surface area contributed by atoms with Gasteiger partial charge in [0.05, 0.1) is 8.07 Å². The van der Waals surface area contributed by atoms with E-state index in [4.69, 9.17) is 0 Å². The Kier molecular flexibility index (Phi) is 3.63. The number of nitrogens with zero attached hydrogens (tertiary/aromatic N) is 1. The van der Waals surface area contributed by atoms with Crippen LogP contribution in [0.3, 0.4) is 0 Å². The van der Waals surface area contributed by atoms with E-state index < -0.39 is 16.1 Å². The van der Waals surface area contributed by atoms with Gasteiger partial charge in [0.15, 0.2) is 0 Å². The highest BCUT2D eigenvalue weighted by molar-refractivity contribution is 9.10. The number of hydrogen-bond donors (Lipinski definition) is 0. The zero-order valence-corrected chi connectivity index (χ0v) is 14.1. The first-order valence-corrected chi connectivity index (χ1v) is 13.1. The fraction of sp³-hybridized carbons (Fsp3) is 0.545. The van der Waals surface area contributed by atoms with Crippen molar-refractivity contribution in [1.29, 1.82) is 0 Å². The van der Waals surface area contributed by atoms with Crippen LogP contribution in [0.25, 0.3) is 0 Å². The van der Waals surface area contributed by atoms with Crippen molar-refractivity contribution >= 4 is 42.6 Å². The number of hydrogen-bond acceptors (Lipinski definition) is 1. The van der Waals surface area contributed by atoms with Crippen molar-refractivity contribution in [2.24, 2.45) is 0 Å². The summed E-state index contributed by atoms with van der Waals surface area (Å²) in [5.41, 5.74) is 0. The van der Waals surface area contributed by atoms with E-state index in [-0.39, 0.29) is 0 Å². The molecule has 0 saturated carbocycles. The van der Waals surface area contributed by atoms with E-state index in [2.05, 4.69) is 66.3 Å². The predicted molar refractivity (Wildman–Crippen MR) is 77.9 cm³/mol. The lowest BCUT2D eigenvalue weighted by Crippen LogP contribution is -2.48. The van der Waals surface area contributed by atoms with Crippen molar-refractivity contribution in [3.8, 4) is 0 Å². The van der Waals surface area contributed by atoms with Gasteiger partial charge in [-0.25, -0.2) is 0 Å². The summed E-state index contributed by atoms with van der Waals surface area (Å²) in [6.45, 7) is 14.2. The maximum Gasteiger partial charge on any atom is 0.103 e. The lowest BCUT2D eigenvalue weighted by atomic mass is 10.5. The van der Waals surface area contributed by atoms with Gasteiger partial charge in [-0.1, -0.05) is 39.3 Å². The van der Waals surface area contributed by atoms with Gasteiger partial charge in [0.25, 0.3) is 0 Å². The van der Waals surface area contributed by atoms with Gasteiger partial charge >= 0.3 is 0 Å². The summed E-state index contributed by atoms with van der Waals surface area (Å²) in [5, 5.41) is 2.80. The van der Waals surface area contributed by atoms with Gasteiger partial charge in [0.2, 0.25) is 0 Å². The van der Waals surface area contributed by atoms with Crippen LogP contribution in [0.1, 0.15) is 0 Å². The van der Waals surface area contributed by atoms with Crippen molar-refractivity contribution in [3.05, 3.63) is 16.7 Å². The Labute approximate surface area is 103 Å². The van der Waals surface area contributed by atoms with Crippen molar-refractivity contribution < 1.29 is 0 Å². The van der Waals surface area contributed by atoms with Crippen molar-refractivity contribution in [3.63, 3.8) is 0 Å². The number of pyridine rings is 1. The Balaban J connectivity index is 3.37. The van der Waals surface area contributed by atoms with Gasteiger partial charge in [-0.15, -0.1) is 0 Å². The fourth-order valence-electron chi connectivity index (χ4n) is 1.55. The van der Waals surface area contributed by atoms with Gasteiger partial charge < -0.3 is 0 Å². The van der Waals surface area contributed by atoms with Crippen LogP contribution < -0.4 is 10.5 Å². The molecule has 0 fully saturated rings. The summed E-state index contributed by atoms with van der Waals surface area (Å²) in [4.78, 5) is 4.56. The minimum absolute atomic E-state index is 1.25. The highest BCUT2D eigenvalue weighted by Gasteiger charge is 2.27. The molecule has 0 unspecified atom stereocenters.